The lowest BCUT2D eigenvalue weighted by Crippen LogP contribution is -2.21. The van der Waals surface area contributed by atoms with Crippen LogP contribution in [0.4, 0.5) is 0 Å². The second-order valence-corrected chi connectivity index (χ2v) is 3.78. The number of aryl methyl sites for hydroxylation is 1. The second-order valence-electron chi connectivity index (χ2n) is 3.78. The van der Waals surface area contributed by atoms with Crippen LogP contribution < -0.4 is 5.32 Å². The molecule has 2 aromatic heterocycles. The van der Waals surface area contributed by atoms with Gasteiger partial charge in [-0.2, -0.15) is 5.10 Å². The Morgan fingerprint density at radius 2 is 2.00 bits per heavy atom. The second kappa shape index (κ2) is 4.90. The Hall–Kier alpha value is -1.68. The van der Waals surface area contributed by atoms with Crippen LogP contribution >= 0.6 is 0 Å². The van der Waals surface area contributed by atoms with E-state index in [-0.39, 0.29) is 6.04 Å². The van der Waals surface area contributed by atoms with Gasteiger partial charge in [0.25, 0.3) is 0 Å². The van der Waals surface area contributed by atoms with Crippen LogP contribution in [0.3, 0.4) is 0 Å². The van der Waals surface area contributed by atoms with Crippen molar-refractivity contribution in [3.63, 3.8) is 0 Å². The van der Waals surface area contributed by atoms with E-state index in [1.54, 1.807) is 0 Å². The summed E-state index contributed by atoms with van der Waals surface area (Å²) < 4.78 is 1.91. The third-order valence-electron chi connectivity index (χ3n) is 2.75. The van der Waals surface area contributed by atoms with Gasteiger partial charge in [0, 0.05) is 25.6 Å². The van der Waals surface area contributed by atoms with E-state index in [1.807, 2.05) is 55.6 Å². The van der Waals surface area contributed by atoms with Crippen LogP contribution in [0.25, 0.3) is 0 Å². The summed E-state index contributed by atoms with van der Waals surface area (Å²) in [7, 11) is 3.94. The predicted octanol–water partition coefficient (Wildman–Crippen LogP) is 1.32. The number of hydrogen-bond acceptors (Lipinski definition) is 3. The summed E-state index contributed by atoms with van der Waals surface area (Å²) in [6.45, 7) is 0. The van der Waals surface area contributed by atoms with Gasteiger partial charge in [0.1, 0.15) is 0 Å². The number of pyridine rings is 1. The minimum atomic E-state index is 0.287. The molecule has 0 fully saturated rings. The SMILES string of the molecule is CNC(Cc1ccncc1)c1ccnn1C. The van der Waals surface area contributed by atoms with Crippen molar-refractivity contribution in [1.82, 2.24) is 20.1 Å². The van der Waals surface area contributed by atoms with Gasteiger partial charge in [-0.3, -0.25) is 9.67 Å². The van der Waals surface area contributed by atoms with Gasteiger partial charge in [0.05, 0.1) is 11.7 Å². The van der Waals surface area contributed by atoms with Crippen LogP contribution in [-0.2, 0) is 13.5 Å². The molecule has 1 atom stereocenters. The molecule has 0 saturated heterocycles. The summed E-state index contributed by atoms with van der Waals surface area (Å²) in [6.07, 6.45) is 6.42. The van der Waals surface area contributed by atoms with Crippen LogP contribution in [0.1, 0.15) is 17.3 Å². The highest BCUT2D eigenvalue weighted by atomic mass is 15.3. The average molecular weight is 216 g/mol. The molecule has 0 radical (unpaired) electrons. The molecule has 0 aliphatic heterocycles. The van der Waals surface area contributed by atoms with E-state index in [2.05, 4.69) is 15.4 Å². The lowest BCUT2D eigenvalue weighted by molar-refractivity contribution is 0.537. The molecule has 0 aliphatic carbocycles. The average Bonchev–Trinajstić information content (AvgIpc) is 2.74. The molecular weight excluding hydrogens is 200 g/mol. The zero-order chi connectivity index (χ0) is 11.4. The van der Waals surface area contributed by atoms with Crippen molar-refractivity contribution in [1.29, 1.82) is 0 Å². The maximum Gasteiger partial charge on any atom is 0.0553 e. The van der Waals surface area contributed by atoms with Crippen molar-refractivity contribution >= 4 is 0 Å². The molecule has 0 amide bonds. The Bertz CT molecular complexity index is 435. The summed E-state index contributed by atoms with van der Waals surface area (Å²) in [6, 6.07) is 6.42. The molecule has 4 nitrogen and oxygen atoms in total. The third-order valence-corrected chi connectivity index (χ3v) is 2.75. The third kappa shape index (κ3) is 2.28. The molecule has 0 bridgehead atoms. The molecule has 0 aliphatic rings. The standard InChI is InChI=1S/C12H16N4/c1-13-11(12-5-8-15-16(12)2)9-10-3-6-14-7-4-10/h3-8,11,13H,9H2,1-2H3. The zero-order valence-electron chi connectivity index (χ0n) is 9.59. The quantitative estimate of drug-likeness (QED) is 0.838. The highest BCUT2D eigenvalue weighted by Crippen LogP contribution is 2.16. The van der Waals surface area contributed by atoms with Gasteiger partial charge < -0.3 is 5.32 Å². The van der Waals surface area contributed by atoms with Crippen LogP contribution in [-0.4, -0.2) is 21.8 Å². The number of rotatable bonds is 4. The molecule has 0 aromatic carbocycles. The first kappa shape index (κ1) is 10.8. The number of aromatic nitrogens is 3. The van der Waals surface area contributed by atoms with Crippen molar-refractivity contribution in [2.24, 2.45) is 7.05 Å². The topological polar surface area (TPSA) is 42.7 Å². The van der Waals surface area contributed by atoms with E-state index in [9.17, 15) is 0 Å². The molecule has 2 aromatic rings. The van der Waals surface area contributed by atoms with E-state index in [0.29, 0.717) is 0 Å². The van der Waals surface area contributed by atoms with E-state index >= 15 is 0 Å². The van der Waals surface area contributed by atoms with Crippen molar-refractivity contribution < 1.29 is 0 Å². The molecular formula is C12H16N4. The zero-order valence-corrected chi connectivity index (χ0v) is 9.59. The fraction of sp³-hybridized carbons (Fsp3) is 0.333. The number of nitrogens with one attached hydrogen (secondary N) is 1. The van der Waals surface area contributed by atoms with Crippen LogP contribution in [0.2, 0.25) is 0 Å². The van der Waals surface area contributed by atoms with Gasteiger partial charge in [0.15, 0.2) is 0 Å². The normalized spacial score (nSPS) is 12.6. The summed E-state index contributed by atoms with van der Waals surface area (Å²) in [5.41, 5.74) is 2.47. The molecule has 2 rings (SSSR count). The molecule has 1 N–H and O–H groups in total. The first-order chi connectivity index (χ1) is 7.81. The lowest BCUT2D eigenvalue weighted by atomic mass is 10.0. The number of nitrogens with zero attached hydrogens (tertiary/aromatic N) is 3. The number of hydrogen-bond donors (Lipinski definition) is 1. The summed E-state index contributed by atoms with van der Waals surface area (Å²) in [5, 5.41) is 7.50. The maximum atomic E-state index is 4.19. The first-order valence-electron chi connectivity index (χ1n) is 5.35. The van der Waals surface area contributed by atoms with Gasteiger partial charge in [-0.15, -0.1) is 0 Å². The van der Waals surface area contributed by atoms with Gasteiger partial charge in [-0.25, -0.2) is 0 Å². The number of likely N-dealkylation sites (N-methyl/N-ethyl adjacent to an activating group) is 1. The van der Waals surface area contributed by atoms with Gasteiger partial charge in [-0.1, -0.05) is 0 Å². The smallest absolute Gasteiger partial charge is 0.0553 e. The van der Waals surface area contributed by atoms with Crippen molar-refractivity contribution in [2.45, 2.75) is 12.5 Å². The summed E-state index contributed by atoms with van der Waals surface area (Å²) in [5.74, 6) is 0. The van der Waals surface area contributed by atoms with E-state index in [1.165, 1.54) is 11.3 Å². The Kier molecular flexibility index (Phi) is 3.31. The summed E-state index contributed by atoms with van der Waals surface area (Å²) >= 11 is 0. The van der Waals surface area contributed by atoms with Crippen molar-refractivity contribution in [3.05, 3.63) is 48.0 Å². The Balaban J connectivity index is 2.16. The molecule has 4 heteroatoms. The monoisotopic (exact) mass is 216 g/mol. The molecule has 0 saturated carbocycles. The van der Waals surface area contributed by atoms with Gasteiger partial charge in [0.2, 0.25) is 0 Å². The fourth-order valence-corrected chi connectivity index (χ4v) is 1.84. The molecule has 2 heterocycles. The van der Waals surface area contributed by atoms with Gasteiger partial charge in [-0.05, 0) is 37.2 Å². The van der Waals surface area contributed by atoms with Gasteiger partial charge >= 0.3 is 0 Å². The fourth-order valence-electron chi connectivity index (χ4n) is 1.84. The van der Waals surface area contributed by atoms with E-state index < -0.39 is 0 Å². The Morgan fingerprint density at radius 1 is 1.25 bits per heavy atom. The highest BCUT2D eigenvalue weighted by Gasteiger charge is 2.13. The molecule has 1 unspecified atom stereocenters. The Morgan fingerprint density at radius 3 is 2.56 bits per heavy atom. The molecule has 16 heavy (non-hydrogen) atoms. The largest absolute Gasteiger partial charge is 0.311 e. The van der Waals surface area contributed by atoms with Crippen molar-refractivity contribution in [3.8, 4) is 0 Å². The van der Waals surface area contributed by atoms with Crippen LogP contribution in [0.5, 0.6) is 0 Å². The first-order valence-corrected chi connectivity index (χ1v) is 5.35. The Labute approximate surface area is 95.3 Å². The minimum Gasteiger partial charge on any atom is -0.311 e. The van der Waals surface area contributed by atoms with Crippen LogP contribution in [0.15, 0.2) is 36.8 Å². The van der Waals surface area contributed by atoms with E-state index in [4.69, 9.17) is 0 Å². The summed E-state index contributed by atoms with van der Waals surface area (Å²) in [4.78, 5) is 4.02. The molecule has 84 valence electrons. The molecule has 0 spiro atoms. The minimum absolute atomic E-state index is 0.287. The maximum absolute atomic E-state index is 4.19. The van der Waals surface area contributed by atoms with Crippen molar-refractivity contribution in [2.75, 3.05) is 7.05 Å². The van der Waals surface area contributed by atoms with E-state index in [0.717, 1.165) is 6.42 Å². The lowest BCUT2D eigenvalue weighted by Gasteiger charge is -2.16. The van der Waals surface area contributed by atoms with Crippen LogP contribution in [0, 0.1) is 0 Å². The predicted molar refractivity (Wildman–Crippen MR) is 62.9 cm³/mol. The highest BCUT2D eigenvalue weighted by molar-refractivity contribution is 5.16.